The number of aromatic hydroxyl groups is 1. The van der Waals surface area contributed by atoms with Crippen LogP contribution >= 0.6 is 0 Å². The number of nitrogens with zero attached hydrogens (tertiary/aromatic N) is 4. The lowest BCUT2D eigenvalue weighted by Crippen LogP contribution is -1.99. The van der Waals surface area contributed by atoms with E-state index in [0.717, 1.165) is 40.9 Å². The Labute approximate surface area is 189 Å². The second-order valence-electron chi connectivity index (χ2n) is 8.14. The van der Waals surface area contributed by atoms with Crippen molar-refractivity contribution >= 4 is 11.0 Å². The summed E-state index contributed by atoms with van der Waals surface area (Å²) in [5.74, 6) is 1.26. The van der Waals surface area contributed by atoms with Crippen LogP contribution in [0.25, 0.3) is 45.1 Å². The molecule has 0 unspecified atom stereocenters. The molecule has 6 rings (SSSR count). The summed E-state index contributed by atoms with van der Waals surface area (Å²) < 4.78 is 6.88. The molecule has 8 nitrogen and oxygen atoms in total. The molecule has 3 aromatic heterocycles. The molecular formula is C25H22N6O2. The first-order valence-corrected chi connectivity index (χ1v) is 10.7. The van der Waals surface area contributed by atoms with Gasteiger partial charge in [-0.15, -0.1) is 0 Å². The highest BCUT2D eigenvalue weighted by atomic mass is 16.5. The molecule has 0 saturated heterocycles. The summed E-state index contributed by atoms with van der Waals surface area (Å²) in [5.41, 5.74) is 8.00. The van der Waals surface area contributed by atoms with Crippen molar-refractivity contribution in [2.24, 2.45) is 7.05 Å². The van der Waals surface area contributed by atoms with Crippen LogP contribution in [0.4, 0.5) is 0 Å². The van der Waals surface area contributed by atoms with E-state index in [2.05, 4.69) is 32.5 Å². The van der Waals surface area contributed by atoms with Crippen LogP contribution in [-0.2, 0) is 20.1 Å². The summed E-state index contributed by atoms with van der Waals surface area (Å²) in [6.07, 6.45) is 0. The van der Waals surface area contributed by atoms with Gasteiger partial charge in [0.25, 0.3) is 0 Å². The molecule has 0 atom stereocenters. The number of pyridine rings is 1. The molecule has 5 aromatic rings. The number of fused-ring (bicyclic) bond motifs is 2. The zero-order valence-electron chi connectivity index (χ0n) is 18.3. The van der Waals surface area contributed by atoms with Crippen LogP contribution in [0.5, 0.6) is 11.6 Å². The first-order chi connectivity index (χ1) is 16.1. The number of aromatic nitrogens is 5. The van der Waals surface area contributed by atoms with Gasteiger partial charge in [-0.3, -0.25) is 4.68 Å². The van der Waals surface area contributed by atoms with Crippen molar-refractivity contribution in [2.75, 3.05) is 7.11 Å². The summed E-state index contributed by atoms with van der Waals surface area (Å²) in [6.45, 7) is 1.72. The molecule has 8 heteroatoms. The van der Waals surface area contributed by atoms with Crippen molar-refractivity contribution in [1.29, 1.82) is 0 Å². The highest BCUT2D eigenvalue weighted by Gasteiger charge is 2.22. The highest BCUT2D eigenvalue weighted by Crippen LogP contribution is 2.38. The number of hydrogen-bond acceptors (Lipinski definition) is 6. The zero-order chi connectivity index (χ0) is 22.5. The third-order valence-corrected chi connectivity index (χ3v) is 6.07. The van der Waals surface area contributed by atoms with Crippen LogP contribution in [0, 0.1) is 0 Å². The fourth-order valence-corrected chi connectivity index (χ4v) is 4.38. The maximum absolute atomic E-state index is 11.1. The summed E-state index contributed by atoms with van der Waals surface area (Å²) in [5, 5.41) is 19.0. The maximum atomic E-state index is 11.1. The van der Waals surface area contributed by atoms with E-state index >= 15 is 0 Å². The smallest absolute Gasteiger partial charge is 0.213 e. The largest absolute Gasteiger partial charge is 0.504 e. The molecule has 2 aromatic carbocycles. The second-order valence-corrected chi connectivity index (χ2v) is 8.14. The van der Waals surface area contributed by atoms with E-state index in [-0.39, 0.29) is 5.75 Å². The summed E-state index contributed by atoms with van der Waals surface area (Å²) >= 11 is 0. The van der Waals surface area contributed by atoms with Crippen LogP contribution < -0.4 is 10.1 Å². The monoisotopic (exact) mass is 438 g/mol. The van der Waals surface area contributed by atoms with E-state index in [1.807, 2.05) is 49.5 Å². The number of rotatable bonds is 4. The predicted octanol–water partition coefficient (Wildman–Crippen LogP) is 4.01. The van der Waals surface area contributed by atoms with Gasteiger partial charge in [0, 0.05) is 37.3 Å². The van der Waals surface area contributed by atoms with Crippen molar-refractivity contribution in [3.8, 4) is 45.7 Å². The Morgan fingerprint density at radius 1 is 0.970 bits per heavy atom. The fraction of sp³-hybridized carbons (Fsp3) is 0.160. The quantitative estimate of drug-likeness (QED) is 0.392. The van der Waals surface area contributed by atoms with Crippen LogP contribution in [0.2, 0.25) is 0 Å². The third-order valence-electron chi connectivity index (χ3n) is 6.07. The molecule has 0 spiro atoms. The van der Waals surface area contributed by atoms with E-state index in [1.54, 1.807) is 11.8 Å². The molecule has 1 aliphatic rings. The maximum Gasteiger partial charge on any atom is 0.213 e. The second kappa shape index (κ2) is 7.46. The Balaban J connectivity index is 1.36. The van der Waals surface area contributed by atoms with Gasteiger partial charge >= 0.3 is 0 Å². The Bertz CT molecular complexity index is 1460. The van der Waals surface area contributed by atoms with Gasteiger partial charge in [0.2, 0.25) is 5.88 Å². The number of H-pyrrole nitrogens is 1. The average molecular weight is 438 g/mol. The number of imidazole rings is 1. The van der Waals surface area contributed by atoms with Gasteiger partial charge in [0.05, 0.1) is 23.8 Å². The minimum atomic E-state index is 0.0954. The Kier molecular flexibility index (Phi) is 4.41. The molecule has 1 aliphatic heterocycles. The van der Waals surface area contributed by atoms with Gasteiger partial charge in [-0.1, -0.05) is 30.3 Å². The summed E-state index contributed by atoms with van der Waals surface area (Å²) in [4.78, 5) is 12.6. The summed E-state index contributed by atoms with van der Waals surface area (Å²) in [7, 11) is 3.41. The first kappa shape index (κ1) is 19.5. The normalized spacial score (nSPS) is 12.9. The topological polar surface area (TPSA) is 101 Å². The molecule has 0 radical (unpaired) electrons. The predicted molar refractivity (Wildman–Crippen MR) is 126 cm³/mol. The molecule has 0 fully saturated rings. The van der Waals surface area contributed by atoms with E-state index < -0.39 is 0 Å². The standard InChI is InChI=1S/C25H22N6O2/c1-31-23(25-28-19-10-16-12-26-13-17(16)11-20(19)29-25)24(32)22(30-31)15-8-6-14(7-9-15)18-4-3-5-21(27-18)33-2/h3-11,26,32H,12-13H2,1-2H3,(H,28,29). The van der Waals surface area contributed by atoms with Gasteiger partial charge in [0.15, 0.2) is 11.6 Å². The number of ether oxygens (including phenoxy) is 1. The highest BCUT2D eigenvalue weighted by molar-refractivity contribution is 5.84. The number of aryl methyl sites for hydroxylation is 1. The van der Waals surface area contributed by atoms with Gasteiger partial charge < -0.3 is 20.1 Å². The molecule has 3 N–H and O–H groups in total. The minimum Gasteiger partial charge on any atom is -0.504 e. The van der Waals surface area contributed by atoms with Crippen molar-refractivity contribution < 1.29 is 9.84 Å². The zero-order valence-corrected chi connectivity index (χ0v) is 18.3. The lowest BCUT2D eigenvalue weighted by molar-refractivity contribution is 0.398. The van der Waals surface area contributed by atoms with E-state index in [9.17, 15) is 5.11 Å². The molecule has 0 bridgehead atoms. The van der Waals surface area contributed by atoms with Crippen LogP contribution in [0.1, 0.15) is 11.1 Å². The molecule has 0 aliphatic carbocycles. The molecule has 0 amide bonds. The lowest BCUT2D eigenvalue weighted by Gasteiger charge is -2.05. The Hall–Kier alpha value is -4.17. The van der Waals surface area contributed by atoms with E-state index in [0.29, 0.717) is 23.1 Å². The Morgan fingerprint density at radius 2 is 1.73 bits per heavy atom. The molecule has 33 heavy (non-hydrogen) atoms. The van der Waals surface area contributed by atoms with Crippen LogP contribution in [-0.4, -0.2) is 36.9 Å². The number of benzene rings is 2. The molecule has 164 valence electrons. The molecule has 0 saturated carbocycles. The van der Waals surface area contributed by atoms with Crippen LogP contribution in [0.3, 0.4) is 0 Å². The number of aromatic amines is 1. The summed E-state index contributed by atoms with van der Waals surface area (Å²) in [6, 6.07) is 17.7. The number of hydrogen-bond donors (Lipinski definition) is 3. The number of nitrogens with one attached hydrogen (secondary N) is 2. The van der Waals surface area contributed by atoms with Gasteiger partial charge in [-0.25, -0.2) is 9.97 Å². The van der Waals surface area contributed by atoms with Gasteiger partial charge in [-0.2, -0.15) is 5.10 Å². The minimum absolute atomic E-state index is 0.0954. The van der Waals surface area contributed by atoms with Gasteiger partial charge in [0.1, 0.15) is 11.4 Å². The van der Waals surface area contributed by atoms with Crippen molar-refractivity contribution in [1.82, 2.24) is 30.0 Å². The number of methoxy groups -OCH3 is 1. The average Bonchev–Trinajstić information content (AvgIpc) is 3.53. The molecule has 4 heterocycles. The fourth-order valence-electron chi connectivity index (χ4n) is 4.38. The van der Waals surface area contributed by atoms with E-state index in [1.165, 1.54) is 11.1 Å². The lowest BCUT2D eigenvalue weighted by atomic mass is 10.1. The molecular weight excluding hydrogens is 416 g/mol. The van der Waals surface area contributed by atoms with Crippen molar-refractivity contribution in [3.63, 3.8) is 0 Å². The van der Waals surface area contributed by atoms with Crippen molar-refractivity contribution in [3.05, 3.63) is 65.7 Å². The van der Waals surface area contributed by atoms with Gasteiger partial charge in [-0.05, 0) is 29.3 Å². The van der Waals surface area contributed by atoms with Crippen LogP contribution in [0.15, 0.2) is 54.6 Å². The SMILES string of the molecule is COc1cccc(-c2ccc(-c3nn(C)c(-c4nc5cc6c(cc5[nH]4)CNC6)c3O)cc2)n1. The van der Waals surface area contributed by atoms with Crippen molar-refractivity contribution in [2.45, 2.75) is 13.1 Å². The third kappa shape index (κ3) is 3.23. The first-order valence-electron chi connectivity index (χ1n) is 10.7. The van der Waals surface area contributed by atoms with E-state index in [4.69, 9.17) is 9.72 Å². The Morgan fingerprint density at radius 3 is 2.52 bits per heavy atom.